The molecule has 0 spiro atoms. The lowest BCUT2D eigenvalue weighted by atomic mass is 10.2. The zero-order valence-electron chi connectivity index (χ0n) is 11.7. The largest absolute Gasteiger partial charge is 0.480 e. The first-order valence-electron chi connectivity index (χ1n) is 6.45. The highest BCUT2D eigenvalue weighted by molar-refractivity contribution is 9.11. The molecule has 0 saturated heterocycles. The van der Waals surface area contributed by atoms with Crippen molar-refractivity contribution in [3.8, 4) is 5.75 Å². The normalized spacial score (nSPS) is 11.8. The van der Waals surface area contributed by atoms with E-state index < -0.39 is 6.10 Å². The fraction of sp³-hybridized carbons (Fsp3) is 0.188. The second kappa shape index (κ2) is 7.09. The standard InChI is InChI=1S/C16H15Br2NO2/c1-10-4-3-5-13(8-10)19-16(20)11(2)21-15-7-6-12(17)9-14(15)18/h3-9,11H,1-2H3,(H,19,20)/t11-/m0/s1. The molecule has 2 aromatic carbocycles. The maximum Gasteiger partial charge on any atom is 0.265 e. The van der Waals surface area contributed by atoms with Crippen molar-refractivity contribution in [2.24, 2.45) is 0 Å². The Labute approximate surface area is 141 Å². The third-order valence-corrected chi connectivity index (χ3v) is 3.97. The van der Waals surface area contributed by atoms with Crippen molar-refractivity contribution in [1.82, 2.24) is 0 Å². The molecule has 2 aromatic rings. The van der Waals surface area contributed by atoms with Gasteiger partial charge in [-0.2, -0.15) is 0 Å². The van der Waals surface area contributed by atoms with Crippen LogP contribution in [0.1, 0.15) is 12.5 Å². The van der Waals surface area contributed by atoms with Gasteiger partial charge in [-0.3, -0.25) is 4.79 Å². The van der Waals surface area contributed by atoms with Gasteiger partial charge >= 0.3 is 0 Å². The van der Waals surface area contributed by atoms with E-state index >= 15 is 0 Å². The van der Waals surface area contributed by atoms with Crippen LogP contribution in [0.4, 0.5) is 5.69 Å². The van der Waals surface area contributed by atoms with Crippen molar-refractivity contribution in [3.05, 3.63) is 57.0 Å². The molecule has 0 fully saturated rings. The van der Waals surface area contributed by atoms with Gasteiger partial charge in [-0.25, -0.2) is 0 Å². The highest BCUT2D eigenvalue weighted by Gasteiger charge is 2.16. The second-order valence-electron chi connectivity index (χ2n) is 4.69. The molecule has 0 aromatic heterocycles. The SMILES string of the molecule is Cc1cccc(NC(=O)[C@H](C)Oc2ccc(Br)cc2Br)c1. The number of hydrogen-bond acceptors (Lipinski definition) is 2. The zero-order chi connectivity index (χ0) is 15.4. The van der Waals surface area contributed by atoms with E-state index in [2.05, 4.69) is 37.2 Å². The molecule has 0 bridgehead atoms. The van der Waals surface area contributed by atoms with Crippen molar-refractivity contribution in [3.63, 3.8) is 0 Å². The molecule has 0 radical (unpaired) electrons. The fourth-order valence-electron chi connectivity index (χ4n) is 1.78. The Morgan fingerprint density at radius 3 is 2.62 bits per heavy atom. The molecule has 0 saturated carbocycles. The predicted octanol–water partition coefficient (Wildman–Crippen LogP) is 4.93. The smallest absolute Gasteiger partial charge is 0.265 e. The van der Waals surface area contributed by atoms with Crippen LogP contribution in [0.25, 0.3) is 0 Å². The summed E-state index contributed by atoms with van der Waals surface area (Å²) in [6.07, 6.45) is -0.594. The van der Waals surface area contributed by atoms with E-state index in [1.165, 1.54) is 0 Å². The minimum absolute atomic E-state index is 0.185. The molecule has 1 amide bonds. The first-order chi connectivity index (χ1) is 9.95. The number of ether oxygens (including phenoxy) is 1. The van der Waals surface area contributed by atoms with Crippen molar-refractivity contribution in [1.29, 1.82) is 0 Å². The minimum atomic E-state index is -0.594. The maximum absolute atomic E-state index is 12.1. The van der Waals surface area contributed by atoms with Gasteiger partial charge in [0.2, 0.25) is 0 Å². The quantitative estimate of drug-likeness (QED) is 0.773. The van der Waals surface area contributed by atoms with Gasteiger partial charge in [0, 0.05) is 10.2 Å². The van der Waals surface area contributed by atoms with Crippen molar-refractivity contribution in [2.45, 2.75) is 20.0 Å². The Hall–Kier alpha value is -1.33. The Morgan fingerprint density at radius 1 is 1.19 bits per heavy atom. The van der Waals surface area contributed by atoms with E-state index in [-0.39, 0.29) is 5.91 Å². The number of aryl methyl sites for hydroxylation is 1. The summed E-state index contributed by atoms with van der Waals surface area (Å²) >= 11 is 6.79. The Kier molecular flexibility index (Phi) is 5.42. The van der Waals surface area contributed by atoms with Crippen LogP contribution >= 0.6 is 31.9 Å². The minimum Gasteiger partial charge on any atom is -0.480 e. The highest BCUT2D eigenvalue weighted by atomic mass is 79.9. The summed E-state index contributed by atoms with van der Waals surface area (Å²) in [5.74, 6) is 0.445. The van der Waals surface area contributed by atoms with Gasteiger partial charge in [-0.05, 0) is 65.7 Å². The molecule has 21 heavy (non-hydrogen) atoms. The van der Waals surface area contributed by atoms with E-state index in [9.17, 15) is 4.79 Å². The molecule has 0 aliphatic carbocycles. The summed E-state index contributed by atoms with van der Waals surface area (Å²) < 4.78 is 7.43. The van der Waals surface area contributed by atoms with Gasteiger partial charge in [0.1, 0.15) is 5.75 Å². The molecular weight excluding hydrogens is 398 g/mol. The van der Waals surface area contributed by atoms with Crippen LogP contribution in [0.5, 0.6) is 5.75 Å². The molecule has 0 heterocycles. The molecule has 2 rings (SSSR count). The van der Waals surface area contributed by atoms with E-state index in [0.29, 0.717) is 5.75 Å². The number of hydrogen-bond donors (Lipinski definition) is 1. The molecule has 0 unspecified atom stereocenters. The average molecular weight is 413 g/mol. The molecule has 5 heteroatoms. The van der Waals surface area contributed by atoms with E-state index in [1.807, 2.05) is 49.4 Å². The van der Waals surface area contributed by atoms with Crippen LogP contribution in [0, 0.1) is 6.92 Å². The van der Waals surface area contributed by atoms with Crippen molar-refractivity contribution < 1.29 is 9.53 Å². The fourth-order valence-corrected chi connectivity index (χ4v) is 2.92. The van der Waals surface area contributed by atoms with E-state index in [0.717, 1.165) is 20.2 Å². The summed E-state index contributed by atoms with van der Waals surface area (Å²) in [4.78, 5) is 12.1. The molecule has 0 aliphatic rings. The highest BCUT2D eigenvalue weighted by Crippen LogP contribution is 2.29. The van der Waals surface area contributed by atoms with Gasteiger partial charge in [-0.1, -0.05) is 28.1 Å². The summed E-state index contributed by atoms with van der Waals surface area (Å²) in [6.45, 7) is 3.70. The summed E-state index contributed by atoms with van der Waals surface area (Å²) in [5.41, 5.74) is 1.86. The van der Waals surface area contributed by atoms with Crippen LogP contribution in [0.15, 0.2) is 51.4 Å². The van der Waals surface area contributed by atoms with Crippen LogP contribution in [-0.2, 0) is 4.79 Å². The predicted molar refractivity (Wildman–Crippen MR) is 91.7 cm³/mol. The number of rotatable bonds is 4. The first-order valence-corrected chi connectivity index (χ1v) is 8.03. The van der Waals surface area contributed by atoms with Gasteiger partial charge in [0.15, 0.2) is 6.10 Å². The number of carbonyl (C=O) groups is 1. The first kappa shape index (κ1) is 16.0. The van der Waals surface area contributed by atoms with Crippen LogP contribution in [-0.4, -0.2) is 12.0 Å². The number of carbonyl (C=O) groups excluding carboxylic acids is 1. The number of halogens is 2. The number of amides is 1. The monoisotopic (exact) mass is 411 g/mol. The van der Waals surface area contributed by atoms with Crippen LogP contribution in [0.3, 0.4) is 0 Å². The molecule has 110 valence electrons. The van der Waals surface area contributed by atoms with Gasteiger partial charge < -0.3 is 10.1 Å². The van der Waals surface area contributed by atoms with Crippen molar-refractivity contribution >= 4 is 43.5 Å². The van der Waals surface area contributed by atoms with Gasteiger partial charge in [0.25, 0.3) is 5.91 Å². The lowest BCUT2D eigenvalue weighted by molar-refractivity contribution is -0.122. The van der Waals surface area contributed by atoms with Crippen molar-refractivity contribution in [2.75, 3.05) is 5.32 Å². The van der Waals surface area contributed by atoms with Crippen LogP contribution < -0.4 is 10.1 Å². The zero-order valence-corrected chi connectivity index (χ0v) is 14.9. The van der Waals surface area contributed by atoms with E-state index in [1.54, 1.807) is 6.92 Å². The summed E-state index contributed by atoms with van der Waals surface area (Å²) in [7, 11) is 0. The maximum atomic E-state index is 12.1. The van der Waals surface area contributed by atoms with Gasteiger partial charge in [-0.15, -0.1) is 0 Å². The Balaban J connectivity index is 2.02. The molecular formula is C16H15Br2NO2. The lowest BCUT2D eigenvalue weighted by Crippen LogP contribution is -2.30. The number of nitrogens with one attached hydrogen (secondary N) is 1. The lowest BCUT2D eigenvalue weighted by Gasteiger charge is -2.16. The Bertz CT molecular complexity index is 658. The molecule has 1 atom stereocenters. The third kappa shape index (κ3) is 4.58. The topological polar surface area (TPSA) is 38.3 Å². The summed E-state index contributed by atoms with van der Waals surface area (Å²) in [5, 5.41) is 2.85. The third-order valence-electron chi connectivity index (χ3n) is 2.85. The van der Waals surface area contributed by atoms with Crippen LogP contribution in [0.2, 0.25) is 0 Å². The Morgan fingerprint density at radius 2 is 1.95 bits per heavy atom. The van der Waals surface area contributed by atoms with E-state index in [4.69, 9.17) is 4.74 Å². The molecule has 1 N–H and O–H groups in total. The average Bonchev–Trinajstić information content (AvgIpc) is 2.41. The second-order valence-corrected chi connectivity index (χ2v) is 6.46. The van der Waals surface area contributed by atoms with Gasteiger partial charge in [0.05, 0.1) is 4.47 Å². The number of benzene rings is 2. The molecule has 0 aliphatic heterocycles. The molecule has 3 nitrogen and oxygen atoms in total. The number of anilines is 1. The summed E-state index contributed by atoms with van der Waals surface area (Å²) in [6, 6.07) is 13.2.